The largest absolute Gasteiger partial charge is 0.306 e. The molecule has 0 N–H and O–H groups in total. The molecule has 0 fully saturated rings. The van der Waals surface area contributed by atoms with E-state index in [9.17, 15) is 4.79 Å². The first-order valence-corrected chi connectivity index (χ1v) is 8.48. The number of Topliss-reactive ketones (excluding diaryl/α,β-unsaturated/α-hetero) is 1. The Labute approximate surface area is 140 Å². The van der Waals surface area contributed by atoms with Crippen molar-refractivity contribution in [1.82, 2.24) is 4.57 Å². The fraction of sp³-hybridized carbons (Fsp3) is 0.136. The number of hydrogen-bond acceptors (Lipinski definition) is 1. The highest BCUT2D eigenvalue weighted by Crippen LogP contribution is 2.38. The number of rotatable bonds is 1. The SMILES string of the molecule is O=C1CCCc2c1n(-c1ccccc1)c1ccc3ccccc3c21. The second-order valence-electron chi connectivity index (χ2n) is 6.46. The normalized spacial score (nSPS) is 14.2. The first kappa shape index (κ1) is 13.6. The fourth-order valence-electron chi connectivity index (χ4n) is 4.06. The number of carbonyl (C=O) groups is 1. The molecule has 2 nitrogen and oxygen atoms in total. The summed E-state index contributed by atoms with van der Waals surface area (Å²) in [7, 11) is 0. The number of hydrogen-bond donors (Lipinski definition) is 0. The van der Waals surface area contributed by atoms with E-state index in [1.807, 2.05) is 18.2 Å². The Morgan fingerprint density at radius 3 is 2.46 bits per heavy atom. The van der Waals surface area contributed by atoms with Gasteiger partial charge in [-0.15, -0.1) is 0 Å². The summed E-state index contributed by atoms with van der Waals surface area (Å²) in [5, 5.41) is 3.73. The van der Waals surface area contributed by atoms with Crippen LogP contribution in [-0.2, 0) is 6.42 Å². The van der Waals surface area contributed by atoms with Gasteiger partial charge in [-0.2, -0.15) is 0 Å². The van der Waals surface area contributed by atoms with Crippen LogP contribution in [0.3, 0.4) is 0 Å². The number of benzene rings is 3. The summed E-state index contributed by atoms with van der Waals surface area (Å²) >= 11 is 0. The molecule has 2 heteroatoms. The summed E-state index contributed by atoms with van der Waals surface area (Å²) < 4.78 is 2.17. The molecule has 0 atom stereocenters. The molecule has 4 aromatic rings. The van der Waals surface area contributed by atoms with Gasteiger partial charge in [-0.1, -0.05) is 48.5 Å². The minimum Gasteiger partial charge on any atom is -0.306 e. The number of carbonyl (C=O) groups excluding carboxylic acids is 1. The van der Waals surface area contributed by atoms with Crippen LogP contribution in [0.5, 0.6) is 0 Å². The van der Waals surface area contributed by atoms with Gasteiger partial charge in [0.1, 0.15) is 0 Å². The molecule has 24 heavy (non-hydrogen) atoms. The van der Waals surface area contributed by atoms with Crippen LogP contribution in [-0.4, -0.2) is 10.4 Å². The summed E-state index contributed by atoms with van der Waals surface area (Å²) in [5.41, 5.74) is 4.31. The number of aryl methyl sites for hydroxylation is 1. The van der Waals surface area contributed by atoms with E-state index in [1.54, 1.807) is 0 Å². The number of aromatic nitrogens is 1. The molecule has 0 saturated heterocycles. The lowest BCUT2D eigenvalue weighted by Gasteiger charge is -2.15. The zero-order valence-electron chi connectivity index (χ0n) is 13.3. The average molecular weight is 311 g/mol. The molecule has 0 radical (unpaired) electrons. The van der Waals surface area contributed by atoms with Crippen LogP contribution < -0.4 is 0 Å². The Morgan fingerprint density at radius 1 is 0.792 bits per heavy atom. The van der Waals surface area contributed by atoms with Crippen molar-refractivity contribution >= 4 is 27.5 Å². The van der Waals surface area contributed by atoms with Crippen molar-refractivity contribution < 1.29 is 4.79 Å². The second-order valence-corrected chi connectivity index (χ2v) is 6.46. The predicted molar refractivity (Wildman–Crippen MR) is 98.0 cm³/mol. The Morgan fingerprint density at radius 2 is 1.58 bits per heavy atom. The minimum atomic E-state index is 0.264. The lowest BCUT2D eigenvalue weighted by molar-refractivity contribution is 0.0966. The third-order valence-electron chi connectivity index (χ3n) is 5.07. The standard InChI is InChI=1S/C22H17NO/c24-20-12-6-11-18-21-17-10-5-4-7-15(17)13-14-19(21)23(22(18)20)16-8-2-1-3-9-16/h1-5,7-10,13-14H,6,11-12H2. The van der Waals surface area contributed by atoms with E-state index in [2.05, 4.69) is 53.1 Å². The van der Waals surface area contributed by atoms with Crippen molar-refractivity contribution in [3.8, 4) is 5.69 Å². The highest BCUT2D eigenvalue weighted by Gasteiger charge is 2.27. The molecular formula is C22H17NO. The molecule has 116 valence electrons. The van der Waals surface area contributed by atoms with Gasteiger partial charge < -0.3 is 4.57 Å². The third-order valence-corrected chi connectivity index (χ3v) is 5.07. The van der Waals surface area contributed by atoms with Crippen LogP contribution in [0, 0.1) is 0 Å². The van der Waals surface area contributed by atoms with Crippen LogP contribution in [0.4, 0.5) is 0 Å². The maximum Gasteiger partial charge on any atom is 0.179 e. The molecule has 0 bridgehead atoms. The van der Waals surface area contributed by atoms with Gasteiger partial charge in [0.15, 0.2) is 5.78 Å². The Kier molecular flexibility index (Phi) is 2.86. The van der Waals surface area contributed by atoms with Gasteiger partial charge in [0.05, 0.1) is 11.2 Å². The second kappa shape index (κ2) is 5.07. The van der Waals surface area contributed by atoms with Gasteiger partial charge in [-0.25, -0.2) is 0 Å². The van der Waals surface area contributed by atoms with Crippen LogP contribution in [0.2, 0.25) is 0 Å². The minimum absolute atomic E-state index is 0.264. The Balaban J connectivity index is 2.00. The van der Waals surface area contributed by atoms with Crippen LogP contribution >= 0.6 is 0 Å². The molecule has 1 aliphatic carbocycles. The number of nitrogens with zero attached hydrogens (tertiary/aromatic N) is 1. The monoisotopic (exact) mass is 311 g/mol. The summed E-state index contributed by atoms with van der Waals surface area (Å²) in [6, 6.07) is 23.0. The summed E-state index contributed by atoms with van der Waals surface area (Å²) in [6.07, 6.45) is 2.57. The van der Waals surface area contributed by atoms with Crippen molar-refractivity contribution in [3.63, 3.8) is 0 Å². The first-order chi connectivity index (χ1) is 11.8. The molecule has 3 aromatic carbocycles. The molecule has 0 saturated carbocycles. The van der Waals surface area contributed by atoms with E-state index in [-0.39, 0.29) is 5.78 Å². The molecule has 0 unspecified atom stereocenters. The van der Waals surface area contributed by atoms with E-state index < -0.39 is 0 Å². The average Bonchev–Trinajstić information content (AvgIpc) is 2.99. The lowest BCUT2D eigenvalue weighted by atomic mass is 9.92. The molecule has 1 aromatic heterocycles. The molecule has 0 aliphatic heterocycles. The van der Waals surface area contributed by atoms with E-state index in [0.29, 0.717) is 6.42 Å². The quantitative estimate of drug-likeness (QED) is 0.467. The highest BCUT2D eigenvalue weighted by atomic mass is 16.1. The predicted octanol–water partition coefficient (Wildman–Crippen LogP) is 5.30. The van der Waals surface area contributed by atoms with Gasteiger partial charge in [0.2, 0.25) is 0 Å². The Bertz CT molecular complexity index is 1090. The number of ketones is 1. The smallest absolute Gasteiger partial charge is 0.179 e. The maximum atomic E-state index is 12.8. The molecule has 0 spiro atoms. The molecule has 0 amide bonds. The topological polar surface area (TPSA) is 22.0 Å². The third kappa shape index (κ3) is 1.80. The van der Waals surface area contributed by atoms with Crippen molar-refractivity contribution in [3.05, 3.63) is 78.0 Å². The van der Waals surface area contributed by atoms with Crippen LogP contribution in [0.25, 0.3) is 27.4 Å². The van der Waals surface area contributed by atoms with E-state index in [4.69, 9.17) is 0 Å². The molecule has 1 aliphatic rings. The summed E-state index contributed by atoms with van der Waals surface area (Å²) in [5.74, 6) is 0.264. The number of para-hydroxylation sites is 1. The van der Waals surface area contributed by atoms with E-state index in [1.165, 1.54) is 21.7 Å². The fourth-order valence-corrected chi connectivity index (χ4v) is 4.06. The molecule has 5 rings (SSSR count). The van der Waals surface area contributed by atoms with Crippen LogP contribution in [0.15, 0.2) is 66.7 Å². The lowest BCUT2D eigenvalue weighted by Crippen LogP contribution is -2.14. The van der Waals surface area contributed by atoms with Crippen molar-refractivity contribution in [1.29, 1.82) is 0 Å². The number of fused-ring (bicyclic) bond motifs is 5. The van der Waals surface area contributed by atoms with Gasteiger partial charge in [0.25, 0.3) is 0 Å². The maximum absolute atomic E-state index is 12.8. The summed E-state index contributed by atoms with van der Waals surface area (Å²) in [6.45, 7) is 0. The van der Waals surface area contributed by atoms with Crippen LogP contribution in [0.1, 0.15) is 28.9 Å². The zero-order chi connectivity index (χ0) is 16.1. The van der Waals surface area contributed by atoms with E-state index >= 15 is 0 Å². The van der Waals surface area contributed by atoms with Gasteiger partial charge in [-0.3, -0.25) is 4.79 Å². The molecular weight excluding hydrogens is 294 g/mol. The highest BCUT2D eigenvalue weighted by molar-refractivity contribution is 6.14. The summed E-state index contributed by atoms with van der Waals surface area (Å²) in [4.78, 5) is 12.8. The van der Waals surface area contributed by atoms with Crippen molar-refractivity contribution in [2.45, 2.75) is 19.3 Å². The first-order valence-electron chi connectivity index (χ1n) is 8.48. The molecule has 1 heterocycles. The van der Waals surface area contributed by atoms with E-state index in [0.717, 1.165) is 29.7 Å². The Hall–Kier alpha value is -2.87. The van der Waals surface area contributed by atoms with Gasteiger partial charge in [-0.05, 0) is 47.4 Å². The zero-order valence-corrected chi connectivity index (χ0v) is 13.3. The van der Waals surface area contributed by atoms with Gasteiger partial charge >= 0.3 is 0 Å². The van der Waals surface area contributed by atoms with Crippen molar-refractivity contribution in [2.24, 2.45) is 0 Å². The van der Waals surface area contributed by atoms with Crippen molar-refractivity contribution in [2.75, 3.05) is 0 Å². The van der Waals surface area contributed by atoms with Gasteiger partial charge in [0, 0.05) is 17.5 Å².